The molecule has 268 valence electrons. The van der Waals surface area contributed by atoms with Crippen LogP contribution < -0.4 is 11.1 Å². The SMILES string of the molecule is COCC[C@H]1CC[C@H](CC(C)C)C[C@H]([C@@H](C[C@@H](CCC2CC(OC)C(O)CC2C2CC[NH2+]C(N)C2)OC(C)=O)OC(C)=O)C[C@H]1O. The van der Waals surface area contributed by atoms with Crippen molar-refractivity contribution in [2.75, 3.05) is 27.4 Å². The fraction of sp³-hybridized carbons (Fsp3) is 0.944. The van der Waals surface area contributed by atoms with Gasteiger partial charge in [-0.15, -0.1) is 0 Å². The molecule has 6 N–H and O–H groups in total. The molecule has 0 bridgehead atoms. The fourth-order valence-electron chi connectivity index (χ4n) is 9.14. The molecule has 0 radical (unpaired) electrons. The first-order valence-electron chi connectivity index (χ1n) is 18.2. The minimum Gasteiger partial charge on any atom is -0.462 e. The van der Waals surface area contributed by atoms with Crippen molar-refractivity contribution in [3.05, 3.63) is 0 Å². The Morgan fingerprint density at radius 2 is 1.63 bits per heavy atom. The minimum atomic E-state index is -0.509. The Hall–Kier alpha value is -1.30. The van der Waals surface area contributed by atoms with Crippen molar-refractivity contribution in [2.24, 2.45) is 47.2 Å². The van der Waals surface area contributed by atoms with Gasteiger partial charge < -0.3 is 34.5 Å². The lowest BCUT2D eigenvalue weighted by atomic mass is 9.66. The van der Waals surface area contributed by atoms with Crippen LogP contribution in [-0.2, 0) is 28.5 Å². The topological polar surface area (TPSA) is 154 Å². The van der Waals surface area contributed by atoms with E-state index < -0.39 is 24.4 Å². The molecule has 1 saturated heterocycles. The van der Waals surface area contributed by atoms with Gasteiger partial charge >= 0.3 is 11.9 Å². The summed E-state index contributed by atoms with van der Waals surface area (Å²) >= 11 is 0. The second-order valence-electron chi connectivity index (χ2n) is 15.3. The molecule has 10 heteroatoms. The lowest BCUT2D eigenvalue weighted by Gasteiger charge is -2.44. The van der Waals surface area contributed by atoms with E-state index in [2.05, 4.69) is 19.2 Å². The molecule has 0 aromatic carbocycles. The van der Waals surface area contributed by atoms with Crippen molar-refractivity contribution >= 4 is 11.9 Å². The molecule has 1 aliphatic heterocycles. The van der Waals surface area contributed by atoms with E-state index in [1.165, 1.54) is 13.8 Å². The molecule has 3 fully saturated rings. The molecule has 0 aromatic rings. The number of esters is 2. The average Bonchev–Trinajstić information content (AvgIpc) is 2.97. The van der Waals surface area contributed by atoms with Crippen LogP contribution >= 0.6 is 0 Å². The highest BCUT2D eigenvalue weighted by molar-refractivity contribution is 5.66. The van der Waals surface area contributed by atoms with Gasteiger partial charge in [0.15, 0.2) is 0 Å². The third kappa shape index (κ3) is 12.6. The van der Waals surface area contributed by atoms with Gasteiger partial charge in [0.25, 0.3) is 0 Å². The second-order valence-corrected chi connectivity index (χ2v) is 15.3. The zero-order valence-corrected chi connectivity index (χ0v) is 29.6. The molecule has 3 rings (SSSR count). The molecular formula is C36H67N2O8+. The summed E-state index contributed by atoms with van der Waals surface area (Å²) in [4.78, 5) is 24.9. The lowest BCUT2D eigenvalue weighted by molar-refractivity contribution is -0.699. The Labute approximate surface area is 278 Å². The quantitative estimate of drug-likeness (QED) is 0.194. The highest BCUT2D eigenvalue weighted by atomic mass is 16.6. The summed E-state index contributed by atoms with van der Waals surface area (Å²) in [5.41, 5.74) is 6.34. The van der Waals surface area contributed by atoms with Crippen molar-refractivity contribution in [3.63, 3.8) is 0 Å². The minimum absolute atomic E-state index is 0.0403. The first kappa shape index (κ1) is 39.1. The first-order valence-corrected chi connectivity index (χ1v) is 18.2. The van der Waals surface area contributed by atoms with E-state index in [9.17, 15) is 19.8 Å². The molecule has 12 atom stereocenters. The average molecular weight is 656 g/mol. The van der Waals surface area contributed by atoms with E-state index in [0.717, 1.165) is 64.3 Å². The van der Waals surface area contributed by atoms with Gasteiger partial charge in [-0.05, 0) is 106 Å². The lowest BCUT2D eigenvalue weighted by Crippen LogP contribution is -2.94. The molecule has 10 nitrogen and oxygen atoms in total. The third-order valence-corrected chi connectivity index (χ3v) is 11.3. The molecule has 0 amide bonds. The second kappa shape index (κ2) is 19.6. The van der Waals surface area contributed by atoms with E-state index in [1.54, 1.807) is 14.2 Å². The van der Waals surface area contributed by atoms with Crippen molar-refractivity contribution in [3.8, 4) is 0 Å². The highest BCUT2D eigenvalue weighted by Crippen LogP contribution is 2.43. The zero-order valence-electron chi connectivity index (χ0n) is 29.6. The Bertz CT molecular complexity index is 905. The van der Waals surface area contributed by atoms with E-state index in [-0.39, 0.29) is 36.0 Å². The van der Waals surface area contributed by atoms with Crippen LogP contribution in [-0.4, -0.2) is 86.2 Å². The molecule has 3 aliphatic rings. The molecule has 0 aromatic heterocycles. The Morgan fingerprint density at radius 1 is 0.891 bits per heavy atom. The number of hydrogen-bond acceptors (Lipinski definition) is 9. The number of methoxy groups -OCH3 is 2. The van der Waals surface area contributed by atoms with Crippen LogP contribution in [0.3, 0.4) is 0 Å². The van der Waals surface area contributed by atoms with Crippen LogP contribution in [0.2, 0.25) is 0 Å². The van der Waals surface area contributed by atoms with Gasteiger partial charge in [0.05, 0.1) is 24.9 Å². The molecule has 1 heterocycles. The van der Waals surface area contributed by atoms with Crippen LogP contribution in [0, 0.1) is 41.4 Å². The Kier molecular flexibility index (Phi) is 16.7. The van der Waals surface area contributed by atoms with E-state index in [1.807, 2.05) is 0 Å². The summed E-state index contributed by atoms with van der Waals surface area (Å²) in [7, 11) is 3.36. The van der Waals surface area contributed by atoms with E-state index in [0.29, 0.717) is 61.9 Å². The highest BCUT2D eigenvalue weighted by Gasteiger charge is 2.43. The predicted molar refractivity (Wildman–Crippen MR) is 176 cm³/mol. The Morgan fingerprint density at radius 3 is 2.26 bits per heavy atom. The van der Waals surface area contributed by atoms with Crippen molar-refractivity contribution < 1.29 is 44.1 Å². The molecule has 0 spiro atoms. The molecule has 2 aliphatic carbocycles. The molecule has 2 saturated carbocycles. The van der Waals surface area contributed by atoms with Crippen LogP contribution in [0.4, 0.5) is 0 Å². The summed E-state index contributed by atoms with van der Waals surface area (Å²) in [5, 5.41) is 24.5. The zero-order chi connectivity index (χ0) is 33.8. The third-order valence-electron chi connectivity index (χ3n) is 11.3. The van der Waals surface area contributed by atoms with Crippen LogP contribution in [0.5, 0.6) is 0 Å². The van der Waals surface area contributed by atoms with Crippen molar-refractivity contribution in [1.29, 1.82) is 0 Å². The maximum atomic E-state index is 12.5. The van der Waals surface area contributed by atoms with Crippen LogP contribution in [0.1, 0.15) is 111 Å². The number of piperidine rings is 1. The van der Waals surface area contributed by atoms with E-state index in [4.69, 9.17) is 24.7 Å². The van der Waals surface area contributed by atoms with Gasteiger partial charge in [-0.2, -0.15) is 0 Å². The number of carbonyl (C=O) groups excluding carboxylic acids is 2. The van der Waals surface area contributed by atoms with Crippen LogP contribution in [0.25, 0.3) is 0 Å². The summed E-state index contributed by atoms with van der Waals surface area (Å²) in [6.45, 7) is 8.97. The van der Waals surface area contributed by atoms with Crippen LogP contribution in [0.15, 0.2) is 0 Å². The number of quaternary nitrogens is 1. The number of ether oxygens (including phenoxy) is 4. The smallest absolute Gasteiger partial charge is 0.302 e. The number of hydrogen-bond donors (Lipinski definition) is 4. The van der Waals surface area contributed by atoms with Gasteiger partial charge in [0.1, 0.15) is 18.4 Å². The van der Waals surface area contributed by atoms with E-state index >= 15 is 0 Å². The molecular weight excluding hydrogens is 588 g/mol. The molecule has 46 heavy (non-hydrogen) atoms. The van der Waals surface area contributed by atoms with Gasteiger partial charge in [0.2, 0.25) is 0 Å². The number of aliphatic hydroxyl groups excluding tert-OH is 2. The molecule has 6 unspecified atom stereocenters. The van der Waals surface area contributed by atoms with Crippen molar-refractivity contribution in [1.82, 2.24) is 0 Å². The number of aliphatic hydroxyl groups is 2. The first-order chi connectivity index (χ1) is 21.9. The van der Waals surface area contributed by atoms with Gasteiger partial charge in [-0.3, -0.25) is 15.3 Å². The van der Waals surface area contributed by atoms with Gasteiger partial charge in [0, 0.05) is 47.5 Å². The van der Waals surface area contributed by atoms with Gasteiger partial charge in [-0.1, -0.05) is 20.3 Å². The summed E-state index contributed by atoms with van der Waals surface area (Å²) in [6.07, 6.45) is 8.59. The van der Waals surface area contributed by atoms with Gasteiger partial charge in [-0.25, -0.2) is 0 Å². The maximum absolute atomic E-state index is 12.5. The summed E-state index contributed by atoms with van der Waals surface area (Å²) < 4.78 is 23.1. The fourth-order valence-corrected chi connectivity index (χ4v) is 9.14. The number of rotatable bonds is 15. The summed E-state index contributed by atoms with van der Waals surface area (Å²) in [5.74, 6) is 1.47. The number of carbonyl (C=O) groups is 2. The summed E-state index contributed by atoms with van der Waals surface area (Å²) in [6, 6.07) is 0. The monoisotopic (exact) mass is 655 g/mol. The maximum Gasteiger partial charge on any atom is 0.302 e. The standard InChI is InChI=1S/C36H66N2O8/c1-22(2)15-25-7-8-26(12-14-43-5)32(41)17-29(16-25)34(46-24(4)40)20-30(45-23(3)39)10-9-27-18-35(44-6)33(42)21-31(27)28-11-13-38-36(37)19-28/h22,25-36,38,41-42H,7-21,37H2,1-6H3/p+1/t25-,26-,27?,28?,29+,30-,31?,32-,33?,34-,35?,36?/m1/s1. The normalized spacial score (nSPS) is 35.5. The largest absolute Gasteiger partial charge is 0.462 e. The van der Waals surface area contributed by atoms with Crippen molar-refractivity contribution in [2.45, 2.75) is 148 Å². The number of nitrogens with two attached hydrogens (primary N) is 2. The Balaban J connectivity index is 1.81. The predicted octanol–water partition coefficient (Wildman–Crippen LogP) is 3.55.